The van der Waals surface area contributed by atoms with E-state index in [9.17, 15) is 5.11 Å². The van der Waals surface area contributed by atoms with Crippen molar-refractivity contribution in [2.75, 3.05) is 7.11 Å². The van der Waals surface area contributed by atoms with Crippen LogP contribution in [-0.4, -0.2) is 43.5 Å². The summed E-state index contributed by atoms with van der Waals surface area (Å²) in [5.74, 6) is 2.23. The van der Waals surface area contributed by atoms with Gasteiger partial charge in [-0.2, -0.15) is 0 Å². The molecule has 0 spiro atoms. The number of aryl methyl sites for hydroxylation is 2. The Labute approximate surface area is 256 Å². The molecule has 6 aromatic rings. The fourth-order valence-electron chi connectivity index (χ4n) is 5.57. The van der Waals surface area contributed by atoms with Crippen LogP contribution in [0.1, 0.15) is 55.2 Å². The summed E-state index contributed by atoms with van der Waals surface area (Å²) in [6.45, 7) is 6.03. The van der Waals surface area contributed by atoms with Gasteiger partial charge in [0.05, 0.1) is 13.7 Å². The number of methoxy groups -OCH3 is 1. The lowest BCUT2D eigenvalue weighted by Gasteiger charge is -2.30. The number of hydrogen-bond donors (Lipinski definition) is 2. The molecule has 226 valence electrons. The molecule has 6 rings (SSSR count). The third-order valence-electron chi connectivity index (χ3n) is 7.69. The smallest absolute Gasteiger partial charge is 0.158 e. The standard InChI is InChI=1S/C35H38N6O3/c1-35(2,3)44-34(42)38-31(19-25-21-37-30-12-8-6-10-28(25)30)33-40-39-32(41(33)22-23-13-16-26(43-4)17-14-23)18-15-24-20-36-29-11-7-5-9-27(24)29/h5-14,16-17,20-21,31,36-37H,15,18-19,22H2,1-4H3,(H,38,42)/p-1/t31-/m1/s1. The van der Waals surface area contributed by atoms with Crippen LogP contribution in [0.5, 0.6) is 5.75 Å². The highest BCUT2D eigenvalue weighted by molar-refractivity contribution is 5.83. The Balaban J connectivity index is 1.40. The van der Waals surface area contributed by atoms with Crippen LogP contribution in [0.2, 0.25) is 0 Å². The lowest BCUT2D eigenvalue weighted by atomic mass is 10.0. The molecule has 2 N–H and O–H groups in total. The van der Waals surface area contributed by atoms with Crippen molar-refractivity contribution in [3.63, 3.8) is 0 Å². The number of aromatic amines is 2. The number of fused-ring (bicyclic) bond motifs is 2. The molecular formula is C35H37N6O3-. The molecule has 3 heterocycles. The van der Waals surface area contributed by atoms with E-state index in [0.717, 1.165) is 45.5 Å². The number of para-hydroxylation sites is 2. The van der Waals surface area contributed by atoms with Crippen LogP contribution in [0.15, 0.2) is 90.2 Å². The highest BCUT2D eigenvalue weighted by atomic mass is 16.6. The maximum Gasteiger partial charge on any atom is 0.158 e. The molecule has 0 amide bonds. The maximum atomic E-state index is 13.1. The zero-order valence-electron chi connectivity index (χ0n) is 25.5. The van der Waals surface area contributed by atoms with Gasteiger partial charge >= 0.3 is 0 Å². The molecule has 0 fully saturated rings. The van der Waals surface area contributed by atoms with Gasteiger partial charge in [0.15, 0.2) is 5.82 Å². The quantitative estimate of drug-likeness (QED) is 0.153. The van der Waals surface area contributed by atoms with Crippen LogP contribution < -0.4 is 9.84 Å². The Morgan fingerprint density at radius 2 is 1.50 bits per heavy atom. The second-order valence-corrected chi connectivity index (χ2v) is 12.0. The number of ether oxygens (including phenoxy) is 2. The molecule has 0 aliphatic heterocycles. The maximum absolute atomic E-state index is 13.1. The summed E-state index contributed by atoms with van der Waals surface area (Å²) < 4.78 is 13.1. The SMILES string of the molecule is COc1ccc(Cn2c(CCc3c[nH]c4ccccc34)nnc2[C@@H](Cc2c[nH]c3ccccc23)N=C([O-])OC(C)(C)C)cc1. The molecule has 3 aromatic heterocycles. The second kappa shape index (κ2) is 12.3. The van der Waals surface area contributed by atoms with Crippen LogP contribution >= 0.6 is 0 Å². The molecule has 0 bridgehead atoms. The molecule has 44 heavy (non-hydrogen) atoms. The number of hydrogen-bond acceptors (Lipinski definition) is 6. The van der Waals surface area contributed by atoms with Crippen molar-refractivity contribution >= 4 is 27.9 Å². The van der Waals surface area contributed by atoms with Crippen LogP contribution in [0.4, 0.5) is 0 Å². The van der Waals surface area contributed by atoms with E-state index in [4.69, 9.17) is 9.47 Å². The zero-order valence-corrected chi connectivity index (χ0v) is 25.5. The van der Waals surface area contributed by atoms with Crippen LogP contribution in [0, 0.1) is 0 Å². The number of aliphatic imine (C=N–C) groups is 1. The van der Waals surface area contributed by atoms with E-state index in [-0.39, 0.29) is 0 Å². The van der Waals surface area contributed by atoms with E-state index >= 15 is 0 Å². The molecule has 9 heteroatoms. The largest absolute Gasteiger partial charge is 0.595 e. The van der Waals surface area contributed by atoms with Crippen LogP contribution in [0.3, 0.4) is 0 Å². The lowest BCUT2D eigenvalue weighted by Crippen LogP contribution is -2.32. The van der Waals surface area contributed by atoms with Crippen molar-refractivity contribution in [2.45, 2.75) is 58.2 Å². The first-order chi connectivity index (χ1) is 21.3. The van der Waals surface area contributed by atoms with Crippen molar-refractivity contribution in [1.82, 2.24) is 24.7 Å². The highest BCUT2D eigenvalue weighted by Gasteiger charge is 2.24. The van der Waals surface area contributed by atoms with Crippen LogP contribution in [0.25, 0.3) is 21.8 Å². The average molecular weight is 590 g/mol. The summed E-state index contributed by atoms with van der Waals surface area (Å²) in [4.78, 5) is 11.3. The summed E-state index contributed by atoms with van der Waals surface area (Å²) in [7, 11) is 1.66. The van der Waals surface area contributed by atoms with E-state index in [2.05, 4.69) is 60.2 Å². The summed E-state index contributed by atoms with van der Waals surface area (Å²) in [5, 5.41) is 24.8. The topological polar surface area (TPSA) is 116 Å². The van der Waals surface area contributed by atoms with E-state index in [0.29, 0.717) is 25.2 Å². The molecule has 0 saturated heterocycles. The molecule has 0 aliphatic rings. The van der Waals surface area contributed by atoms with E-state index in [1.165, 1.54) is 10.9 Å². The van der Waals surface area contributed by atoms with Gasteiger partial charge in [0, 0.05) is 52.6 Å². The molecule has 0 aliphatic carbocycles. The summed E-state index contributed by atoms with van der Waals surface area (Å²) >= 11 is 0. The van der Waals surface area contributed by atoms with Crippen molar-refractivity contribution in [3.05, 3.63) is 114 Å². The predicted octanol–water partition coefficient (Wildman–Crippen LogP) is 5.90. The van der Waals surface area contributed by atoms with Crippen molar-refractivity contribution < 1.29 is 14.6 Å². The first-order valence-corrected chi connectivity index (χ1v) is 14.9. The van der Waals surface area contributed by atoms with Gasteiger partial charge in [-0.1, -0.05) is 69.3 Å². The van der Waals surface area contributed by atoms with Gasteiger partial charge in [0.2, 0.25) is 0 Å². The minimum absolute atomic E-state index is 0.451. The lowest BCUT2D eigenvalue weighted by molar-refractivity contribution is -0.261. The van der Waals surface area contributed by atoms with Crippen molar-refractivity contribution in [2.24, 2.45) is 4.99 Å². The Morgan fingerprint density at radius 1 is 0.864 bits per heavy atom. The summed E-state index contributed by atoms with van der Waals surface area (Å²) in [6.07, 6.45) is 5.31. The van der Waals surface area contributed by atoms with Crippen LogP contribution in [-0.2, 0) is 30.5 Å². The second-order valence-electron chi connectivity index (χ2n) is 12.0. The van der Waals surface area contributed by atoms with E-state index < -0.39 is 17.7 Å². The van der Waals surface area contributed by atoms with E-state index in [1.54, 1.807) is 7.11 Å². The Kier molecular flexibility index (Phi) is 8.11. The molecule has 9 nitrogen and oxygen atoms in total. The van der Waals surface area contributed by atoms with Gasteiger partial charge in [-0.25, -0.2) is 0 Å². The van der Waals surface area contributed by atoms with Gasteiger partial charge in [0.25, 0.3) is 0 Å². The number of nitrogens with one attached hydrogen (secondary N) is 2. The number of aromatic nitrogens is 5. The number of nitrogens with zero attached hydrogens (tertiary/aromatic N) is 4. The van der Waals surface area contributed by atoms with Gasteiger partial charge in [0.1, 0.15) is 23.7 Å². The fourth-order valence-corrected chi connectivity index (χ4v) is 5.57. The monoisotopic (exact) mass is 589 g/mol. The van der Waals surface area contributed by atoms with Gasteiger partial charge < -0.3 is 29.1 Å². The molecule has 0 saturated carbocycles. The molecule has 0 radical (unpaired) electrons. The molecule has 1 atom stereocenters. The number of rotatable bonds is 10. The predicted molar refractivity (Wildman–Crippen MR) is 171 cm³/mol. The molecular weight excluding hydrogens is 552 g/mol. The Hall–Kier alpha value is -5.05. The fraction of sp³-hybridized carbons (Fsp3) is 0.286. The van der Waals surface area contributed by atoms with Gasteiger partial charge in [-0.15, -0.1) is 10.2 Å². The number of benzene rings is 3. The first-order valence-electron chi connectivity index (χ1n) is 14.9. The summed E-state index contributed by atoms with van der Waals surface area (Å²) in [6, 6.07) is 23.7. The average Bonchev–Trinajstić information content (AvgIpc) is 3.72. The van der Waals surface area contributed by atoms with Crippen molar-refractivity contribution in [1.29, 1.82) is 0 Å². The zero-order chi connectivity index (χ0) is 30.7. The third kappa shape index (κ3) is 6.46. The third-order valence-corrected chi connectivity index (χ3v) is 7.69. The Bertz CT molecular complexity index is 1890. The highest BCUT2D eigenvalue weighted by Crippen LogP contribution is 2.29. The number of H-pyrrole nitrogens is 2. The first kappa shape index (κ1) is 29.0. The van der Waals surface area contributed by atoms with E-state index in [1.807, 2.05) is 75.5 Å². The van der Waals surface area contributed by atoms with Gasteiger partial charge in [-0.3, -0.25) is 4.99 Å². The molecule has 0 unspecified atom stereocenters. The minimum atomic E-state index is -0.673. The van der Waals surface area contributed by atoms with Gasteiger partial charge in [-0.05, 0) is 47.4 Å². The minimum Gasteiger partial charge on any atom is -0.595 e. The normalized spacial score (nSPS) is 13.0. The van der Waals surface area contributed by atoms with Crippen molar-refractivity contribution in [3.8, 4) is 5.75 Å². The Morgan fingerprint density at radius 3 is 2.16 bits per heavy atom. The molecule has 3 aromatic carbocycles. The summed E-state index contributed by atoms with van der Waals surface area (Å²) in [5.41, 5.74) is 4.78.